The molecule has 0 bridgehead atoms. The van der Waals surface area contributed by atoms with Gasteiger partial charge in [-0.1, -0.05) is 13.8 Å². The van der Waals surface area contributed by atoms with Crippen molar-refractivity contribution in [3.63, 3.8) is 0 Å². The maximum absolute atomic E-state index is 5.25. The standard InChI is InChI=1S/C20H26N4O2/c1-14(2)18-10-23(6-7-25-3)19-5-4-16(8-17(18)19)20-21-13-24(22-20)9-15-11-26-12-15/h4-5,8,10,13-15H,6-7,9,11-12H2,1-3H3. The lowest BCUT2D eigenvalue weighted by Gasteiger charge is -2.25. The van der Waals surface area contributed by atoms with E-state index < -0.39 is 0 Å². The predicted octanol–water partition coefficient (Wildman–Crippen LogP) is 3.32. The van der Waals surface area contributed by atoms with Gasteiger partial charge in [-0.2, -0.15) is 5.10 Å². The molecule has 3 heterocycles. The van der Waals surface area contributed by atoms with Crippen molar-refractivity contribution in [1.82, 2.24) is 19.3 Å². The Morgan fingerprint density at radius 3 is 2.85 bits per heavy atom. The van der Waals surface area contributed by atoms with Gasteiger partial charge < -0.3 is 14.0 Å². The number of fused-ring (bicyclic) bond motifs is 1. The van der Waals surface area contributed by atoms with E-state index in [2.05, 4.69) is 52.9 Å². The summed E-state index contributed by atoms with van der Waals surface area (Å²) in [6.07, 6.45) is 4.08. The van der Waals surface area contributed by atoms with Crippen LogP contribution in [-0.2, 0) is 22.6 Å². The zero-order valence-electron chi connectivity index (χ0n) is 15.7. The fraction of sp³-hybridized carbons (Fsp3) is 0.500. The highest BCUT2D eigenvalue weighted by molar-refractivity contribution is 5.88. The van der Waals surface area contributed by atoms with Crippen LogP contribution in [-0.4, -0.2) is 46.3 Å². The summed E-state index contributed by atoms with van der Waals surface area (Å²) < 4.78 is 14.7. The smallest absolute Gasteiger partial charge is 0.181 e. The topological polar surface area (TPSA) is 54.1 Å². The average Bonchev–Trinajstić information content (AvgIpc) is 3.20. The SMILES string of the molecule is COCCn1cc(C(C)C)c2cc(-c3ncn(CC4COC4)n3)ccc21. The fourth-order valence-corrected chi connectivity index (χ4v) is 3.47. The Bertz CT molecular complexity index is 892. The minimum Gasteiger partial charge on any atom is -0.383 e. The normalized spacial score (nSPS) is 15.1. The quantitative estimate of drug-likeness (QED) is 0.653. The Labute approximate surface area is 153 Å². The van der Waals surface area contributed by atoms with Crippen LogP contribution in [0.15, 0.2) is 30.7 Å². The summed E-state index contributed by atoms with van der Waals surface area (Å²) in [4.78, 5) is 4.52. The summed E-state index contributed by atoms with van der Waals surface area (Å²) in [5.41, 5.74) is 3.65. The molecule has 138 valence electrons. The highest BCUT2D eigenvalue weighted by Gasteiger charge is 2.20. The van der Waals surface area contributed by atoms with Gasteiger partial charge in [-0.05, 0) is 29.7 Å². The number of benzene rings is 1. The first kappa shape index (κ1) is 17.2. The monoisotopic (exact) mass is 354 g/mol. The van der Waals surface area contributed by atoms with Gasteiger partial charge in [0.05, 0.1) is 19.8 Å². The lowest BCUT2D eigenvalue weighted by atomic mass is 10.0. The van der Waals surface area contributed by atoms with Gasteiger partial charge in [0.15, 0.2) is 5.82 Å². The first-order chi connectivity index (χ1) is 12.7. The summed E-state index contributed by atoms with van der Waals surface area (Å²) >= 11 is 0. The zero-order chi connectivity index (χ0) is 18.1. The molecule has 6 nitrogen and oxygen atoms in total. The number of hydrogen-bond donors (Lipinski definition) is 0. The molecule has 6 heteroatoms. The summed E-state index contributed by atoms with van der Waals surface area (Å²) in [5.74, 6) is 1.81. The number of aromatic nitrogens is 4. The van der Waals surface area contributed by atoms with Crippen LogP contribution in [0.2, 0.25) is 0 Å². The molecule has 1 fully saturated rings. The Kier molecular flexibility index (Phi) is 4.78. The second-order valence-electron chi connectivity index (χ2n) is 7.35. The average molecular weight is 354 g/mol. The van der Waals surface area contributed by atoms with Gasteiger partial charge in [0.25, 0.3) is 0 Å². The van der Waals surface area contributed by atoms with Crippen molar-refractivity contribution in [1.29, 1.82) is 0 Å². The molecule has 1 aliphatic rings. The summed E-state index contributed by atoms with van der Waals surface area (Å²) in [7, 11) is 1.74. The molecule has 1 aliphatic heterocycles. The molecule has 2 aromatic heterocycles. The molecular weight excluding hydrogens is 328 g/mol. The van der Waals surface area contributed by atoms with Gasteiger partial charge in [0.2, 0.25) is 0 Å². The third kappa shape index (κ3) is 3.27. The largest absolute Gasteiger partial charge is 0.383 e. The molecule has 4 rings (SSSR count). The van der Waals surface area contributed by atoms with Gasteiger partial charge in [0, 0.05) is 48.8 Å². The van der Waals surface area contributed by atoms with Crippen molar-refractivity contribution in [2.75, 3.05) is 26.9 Å². The van der Waals surface area contributed by atoms with Gasteiger partial charge >= 0.3 is 0 Å². The molecule has 0 amide bonds. The fourth-order valence-electron chi connectivity index (χ4n) is 3.47. The molecule has 0 radical (unpaired) electrons. The number of ether oxygens (including phenoxy) is 2. The van der Waals surface area contributed by atoms with Crippen molar-refractivity contribution in [3.8, 4) is 11.4 Å². The van der Waals surface area contributed by atoms with Crippen LogP contribution in [0, 0.1) is 5.92 Å². The van der Waals surface area contributed by atoms with Gasteiger partial charge in [-0.3, -0.25) is 4.68 Å². The Hall–Kier alpha value is -2.18. The molecule has 1 aromatic carbocycles. The van der Waals surface area contributed by atoms with Crippen molar-refractivity contribution < 1.29 is 9.47 Å². The van der Waals surface area contributed by atoms with E-state index in [1.807, 2.05) is 11.0 Å². The number of methoxy groups -OCH3 is 1. The molecule has 3 aromatic rings. The lowest BCUT2D eigenvalue weighted by Crippen LogP contribution is -2.31. The number of hydrogen-bond acceptors (Lipinski definition) is 4. The van der Waals surface area contributed by atoms with E-state index in [1.165, 1.54) is 16.5 Å². The maximum atomic E-state index is 5.25. The van der Waals surface area contributed by atoms with E-state index in [-0.39, 0.29) is 0 Å². The minimum atomic E-state index is 0.459. The molecule has 0 saturated carbocycles. The van der Waals surface area contributed by atoms with E-state index in [1.54, 1.807) is 7.11 Å². The van der Waals surface area contributed by atoms with Gasteiger partial charge in [-0.25, -0.2) is 4.98 Å². The van der Waals surface area contributed by atoms with E-state index >= 15 is 0 Å². The number of rotatable bonds is 7. The number of nitrogens with zero attached hydrogens (tertiary/aromatic N) is 4. The second kappa shape index (κ2) is 7.21. The van der Waals surface area contributed by atoms with Crippen LogP contribution in [0.25, 0.3) is 22.3 Å². The van der Waals surface area contributed by atoms with Gasteiger partial charge in [0.1, 0.15) is 6.33 Å². The Morgan fingerprint density at radius 1 is 1.31 bits per heavy atom. The van der Waals surface area contributed by atoms with Crippen molar-refractivity contribution in [2.24, 2.45) is 5.92 Å². The van der Waals surface area contributed by atoms with Gasteiger partial charge in [-0.15, -0.1) is 0 Å². The van der Waals surface area contributed by atoms with Crippen LogP contribution in [0.5, 0.6) is 0 Å². The third-order valence-electron chi connectivity index (χ3n) is 5.02. The molecule has 0 spiro atoms. The third-order valence-corrected chi connectivity index (χ3v) is 5.02. The predicted molar refractivity (Wildman–Crippen MR) is 101 cm³/mol. The van der Waals surface area contributed by atoms with Crippen LogP contribution in [0.3, 0.4) is 0 Å². The zero-order valence-corrected chi connectivity index (χ0v) is 15.7. The molecule has 0 aliphatic carbocycles. The molecule has 1 saturated heterocycles. The summed E-state index contributed by atoms with van der Waals surface area (Å²) in [6, 6.07) is 6.51. The van der Waals surface area contributed by atoms with Crippen LogP contribution in [0.1, 0.15) is 25.3 Å². The Morgan fingerprint density at radius 2 is 2.15 bits per heavy atom. The highest BCUT2D eigenvalue weighted by Crippen LogP contribution is 2.31. The maximum Gasteiger partial charge on any atom is 0.181 e. The van der Waals surface area contributed by atoms with Crippen molar-refractivity contribution >= 4 is 10.9 Å². The van der Waals surface area contributed by atoms with E-state index in [9.17, 15) is 0 Å². The lowest BCUT2D eigenvalue weighted by molar-refractivity contribution is -0.0408. The molecule has 0 atom stereocenters. The minimum absolute atomic E-state index is 0.459. The van der Waals surface area contributed by atoms with Crippen LogP contribution < -0.4 is 0 Å². The molecule has 0 unspecified atom stereocenters. The van der Waals surface area contributed by atoms with Crippen LogP contribution in [0.4, 0.5) is 0 Å². The molecule has 0 N–H and O–H groups in total. The second-order valence-corrected chi connectivity index (χ2v) is 7.35. The van der Waals surface area contributed by atoms with E-state index in [4.69, 9.17) is 9.47 Å². The van der Waals surface area contributed by atoms with Crippen molar-refractivity contribution in [2.45, 2.75) is 32.9 Å². The highest BCUT2D eigenvalue weighted by atomic mass is 16.5. The molecular formula is C20H26N4O2. The summed E-state index contributed by atoms with van der Waals surface area (Å²) in [6.45, 7) is 8.56. The Balaban J connectivity index is 1.66. The van der Waals surface area contributed by atoms with Crippen molar-refractivity contribution in [3.05, 3.63) is 36.3 Å². The first-order valence-electron chi connectivity index (χ1n) is 9.25. The summed E-state index contributed by atoms with van der Waals surface area (Å²) in [5, 5.41) is 5.94. The molecule has 26 heavy (non-hydrogen) atoms. The van der Waals surface area contributed by atoms with Crippen LogP contribution >= 0.6 is 0 Å². The first-order valence-corrected chi connectivity index (χ1v) is 9.25. The van der Waals surface area contributed by atoms with E-state index in [0.717, 1.165) is 37.7 Å². The van der Waals surface area contributed by atoms with E-state index in [0.29, 0.717) is 18.4 Å².